The van der Waals surface area contributed by atoms with Crippen molar-refractivity contribution in [3.8, 4) is 0 Å². The number of aryl methyl sites for hydroxylation is 2. The minimum atomic E-state index is -0.146. The smallest absolute Gasteiger partial charge is 0.255 e. The van der Waals surface area contributed by atoms with Gasteiger partial charge in [-0.25, -0.2) is 4.98 Å². The SMILES string of the molecule is CCN(c1ccc(C(=O)Nc2cnc3c(c2)c(C)nn3C)cc1)C(C)C. The van der Waals surface area contributed by atoms with Crippen LogP contribution in [-0.2, 0) is 7.05 Å². The molecular formula is C20H25N5O. The fourth-order valence-corrected chi connectivity index (χ4v) is 3.23. The first-order valence-electron chi connectivity index (χ1n) is 8.88. The number of carbonyl (C=O) groups excluding carboxylic acids is 1. The van der Waals surface area contributed by atoms with E-state index in [-0.39, 0.29) is 5.91 Å². The van der Waals surface area contributed by atoms with Crippen LogP contribution >= 0.6 is 0 Å². The van der Waals surface area contributed by atoms with Crippen molar-refractivity contribution < 1.29 is 4.79 Å². The summed E-state index contributed by atoms with van der Waals surface area (Å²) in [5.41, 5.74) is 4.10. The third-order valence-electron chi connectivity index (χ3n) is 4.55. The van der Waals surface area contributed by atoms with Gasteiger partial charge in [0, 0.05) is 36.3 Å². The van der Waals surface area contributed by atoms with Crippen molar-refractivity contribution in [2.24, 2.45) is 7.05 Å². The summed E-state index contributed by atoms with van der Waals surface area (Å²) >= 11 is 0. The first-order valence-corrected chi connectivity index (χ1v) is 8.88. The predicted molar refractivity (Wildman–Crippen MR) is 106 cm³/mol. The molecule has 0 fully saturated rings. The number of nitrogens with zero attached hydrogens (tertiary/aromatic N) is 4. The van der Waals surface area contributed by atoms with Gasteiger partial charge in [-0.1, -0.05) is 0 Å². The Hall–Kier alpha value is -2.89. The number of carbonyl (C=O) groups is 1. The summed E-state index contributed by atoms with van der Waals surface area (Å²) in [5, 5.41) is 8.21. The molecule has 0 radical (unpaired) electrons. The standard InChI is InChI=1S/C20H25N5O/c1-6-25(13(2)3)17-9-7-15(8-10-17)20(26)22-16-11-18-14(4)23-24(5)19(18)21-12-16/h7-13H,6H2,1-5H3,(H,22,26). The van der Waals surface area contributed by atoms with E-state index >= 15 is 0 Å². The number of anilines is 2. The number of rotatable bonds is 5. The lowest BCUT2D eigenvalue weighted by atomic mass is 10.1. The predicted octanol–water partition coefficient (Wildman–Crippen LogP) is 3.76. The number of nitrogens with one attached hydrogen (secondary N) is 1. The molecule has 3 rings (SSSR count). The van der Waals surface area contributed by atoms with E-state index in [1.165, 1.54) is 0 Å². The second-order valence-electron chi connectivity index (χ2n) is 6.68. The average Bonchev–Trinajstić information content (AvgIpc) is 2.89. The lowest BCUT2D eigenvalue weighted by Gasteiger charge is -2.27. The highest BCUT2D eigenvalue weighted by Crippen LogP contribution is 2.21. The minimum absolute atomic E-state index is 0.146. The molecule has 0 aliphatic carbocycles. The number of hydrogen-bond acceptors (Lipinski definition) is 4. The Kier molecular flexibility index (Phi) is 4.93. The van der Waals surface area contributed by atoms with Gasteiger partial charge in [0.2, 0.25) is 0 Å². The first kappa shape index (κ1) is 17.9. The molecule has 3 aromatic rings. The van der Waals surface area contributed by atoms with E-state index in [9.17, 15) is 4.79 Å². The van der Waals surface area contributed by atoms with E-state index in [0.29, 0.717) is 17.3 Å². The number of aromatic nitrogens is 3. The number of amides is 1. The summed E-state index contributed by atoms with van der Waals surface area (Å²) < 4.78 is 1.74. The van der Waals surface area contributed by atoms with E-state index < -0.39 is 0 Å². The summed E-state index contributed by atoms with van der Waals surface area (Å²) in [7, 11) is 1.86. The van der Waals surface area contributed by atoms with Crippen LogP contribution in [0, 0.1) is 6.92 Å². The maximum absolute atomic E-state index is 12.6. The van der Waals surface area contributed by atoms with Crippen LogP contribution in [0.25, 0.3) is 11.0 Å². The van der Waals surface area contributed by atoms with Crippen molar-refractivity contribution in [1.82, 2.24) is 14.8 Å². The number of hydrogen-bond donors (Lipinski definition) is 1. The first-order chi connectivity index (χ1) is 12.4. The zero-order chi connectivity index (χ0) is 18.8. The van der Waals surface area contributed by atoms with Crippen LogP contribution in [0.4, 0.5) is 11.4 Å². The van der Waals surface area contributed by atoms with Crippen LogP contribution < -0.4 is 10.2 Å². The van der Waals surface area contributed by atoms with E-state index in [4.69, 9.17) is 0 Å². The van der Waals surface area contributed by atoms with Gasteiger partial charge in [0.25, 0.3) is 5.91 Å². The lowest BCUT2D eigenvalue weighted by Crippen LogP contribution is -2.30. The topological polar surface area (TPSA) is 63.1 Å². The van der Waals surface area contributed by atoms with Crippen LogP contribution in [0.5, 0.6) is 0 Å². The molecule has 1 amide bonds. The van der Waals surface area contributed by atoms with Gasteiger partial charge >= 0.3 is 0 Å². The molecular weight excluding hydrogens is 326 g/mol. The Morgan fingerprint density at radius 1 is 1.27 bits per heavy atom. The Labute approximate surface area is 153 Å². The molecule has 2 aromatic heterocycles. The third-order valence-corrected chi connectivity index (χ3v) is 4.55. The van der Waals surface area contributed by atoms with E-state index in [2.05, 4.69) is 41.1 Å². The van der Waals surface area contributed by atoms with Gasteiger partial charge in [-0.3, -0.25) is 9.48 Å². The molecule has 0 aliphatic rings. The Morgan fingerprint density at radius 2 is 1.96 bits per heavy atom. The molecule has 0 bridgehead atoms. The van der Waals surface area contributed by atoms with E-state index in [0.717, 1.165) is 29.0 Å². The maximum Gasteiger partial charge on any atom is 0.255 e. The van der Waals surface area contributed by atoms with Crippen molar-refractivity contribution in [3.05, 3.63) is 47.8 Å². The van der Waals surface area contributed by atoms with Gasteiger partial charge in [-0.2, -0.15) is 5.10 Å². The largest absolute Gasteiger partial charge is 0.369 e. The maximum atomic E-state index is 12.6. The van der Waals surface area contributed by atoms with Gasteiger partial charge in [0.15, 0.2) is 5.65 Å². The van der Waals surface area contributed by atoms with Crippen molar-refractivity contribution in [3.63, 3.8) is 0 Å². The monoisotopic (exact) mass is 351 g/mol. The molecule has 0 atom stereocenters. The minimum Gasteiger partial charge on any atom is -0.369 e. The number of fused-ring (bicyclic) bond motifs is 1. The van der Waals surface area contributed by atoms with Crippen molar-refractivity contribution in [2.75, 3.05) is 16.8 Å². The molecule has 0 aliphatic heterocycles. The van der Waals surface area contributed by atoms with Crippen LogP contribution in [0.2, 0.25) is 0 Å². The average molecular weight is 351 g/mol. The quantitative estimate of drug-likeness (QED) is 0.760. The zero-order valence-corrected chi connectivity index (χ0v) is 15.9. The van der Waals surface area contributed by atoms with Gasteiger partial charge in [0.1, 0.15) is 0 Å². The molecule has 136 valence electrons. The van der Waals surface area contributed by atoms with Crippen LogP contribution in [0.1, 0.15) is 36.8 Å². The van der Waals surface area contributed by atoms with Gasteiger partial charge < -0.3 is 10.2 Å². The van der Waals surface area contributed by atoms with Crippen molar-refractivity contribution in [2.45, 2.75) is 33.7 Å². The Bertz CT molecular complexity index is 927. The molecule has 6 heteroatoms. The van der Waals surface area contributed by atoms with Gasteiger partial charge in [-0.15, -0.1) is 0 Å². The van der Waals surface area contributed by atoms with Gasteiger partial charge in [-0.05, 0) is 58.0 Å². The summed E-state index contributed by atoms with van der Waals surface area (Å²) in [4.78, 5) is 19.2. The van der Waals surface area contributed by atoms with Crippen molar-refractivity contribution >= 4 is 28.3 Å². The van der Waals surface area contributed by atoms with E-state index in [1.54, 1.807) is 10.9 Å². The van der Waals surface area contributed by atoms with Crippen LogP contribution in [0.15, 0.2) is 36.5 Å². The fraction of sp³-hybridized carbons (Fsp3) is 0.350. The molecule has 6 nitrogen and oxygen atoms in total. The summed E-state index contributed by atoms with van der Waals surface area (Å²) in [5.74, 6) is -0.146. The summed E-state index contributed by atoms with van der Waals surface area (Å²) in [6, 6.07) is 10.0. The highest BCUT2D eigenvalue weighted by molar-refractivity contribution is 6.05. The molecule has 0 saturated carbocycles. The number of benzene rings is 1. The Morgan fingerprint density at radius 3 is 2.58 bits per heavy atom. The fourth-order valence-electron chi connectivity index (χ4n) is 3.23. The van der Waals surface area contributed by atoms with Crippen LogP contribution in [0.3, 0.4) is 0 Å². The second kappa shape index (κ2) is 7.15. The molecule has 1 aromatic carbocycles. The zero-order valence-electron chi connectivity index (χ0n) is 15.9. The number of pyridine rings is 1. The van der Waals surface area contributed by atoms with Gasteiger partial charge in [0.05, 0.1) is 17.6 Å². The highest BCUT2D eigenvalue weighted by atomic mass is 16.1. The lowest BCUT2D eigenvalue weighted by molar-refractivity contribution is 0.102. The molecule has 1 N–H and O–H groups in total. The molecule has 26 heavy (non-hydrogen) atoms. The molecule has 2 heterocycles. The Balaban J connectivity index is 1.78. The van der Waals surface area contributed by atoms with Crippen molar-refractivity contribution in [1.29, 1.82) is 0 Å². The highest BCUT2D eigenvalue weighted by Gasteiger charge is 2.12. The van der Waals surface area contributed by atoms with Crippen LogP contribution in [-0.4, -0.2) is 33.3 Å². The normalized spacial score (nSPS) is 11.2. The third kappa shape index (κ3) is 3.40. The summed E-state index contributed by atoms with van der Waals surface area (Å²) in [6.07, 6.45) is 1.66. The molecule has 0 saturated heterocycles. The summed E-state index contributed by atoms with van der Waals surface area (Å²) in [6.45, 7) is 9.31. The molecule has 0 spiro atoms. The second-order valence-corrected chi connectivity index (χ2v) is 6.68. The molecule has 0 unspecified atom stereocenters. The van der Waals surface area contributed by atoms with E-state index in [1.807, 2.05) is 44.3 Å².